The van der Waals surface area contributed by atoms with E-state index in [0.29, 0.717) is 22.4 Å². The van der Waals surface area contributed by atoms with Gasteiger partial charge in [0.1, 0.15) is 12.4 Å². The Morgan fingerprint density at radius 1 is 0.974 bits per heavy atom. The van der Waals surface area contributed by atoms with Gasteiger partial charge in [0.25, 0.3) is 0 Å². The first kappa shape index (κ1) is 29.5. The number of nitrogens with one attached hydrogen (secondary N) is 1. The van der Waals surface area contributed by atoms with Gasteiger partial charge in [-0.15, -0.1) is 0 Å². The number of carbonyl (C=O) groups is 2. The highest BCUT2D eigenvalue weighted by Crippen LogP contribution is 2.38. The van der Waals surface area contributed by atoms with E-state index in [9.17, 15) is 22.8 Å². The predicted molar refractivity (Wildman–Crippen MR) is 142 cm³/mol. The maximum atomic E-state index is 13.7. The number of esters is 1. The molecular formula is C29H32F3N3O4. The van der Waals surface area contributed by atoms with Gasteiger partial charge in [-0.3, -0.25) is 4.79 Å². The molecule has 0 radical (unpaired) electrons. The molecule has 0 aliphatic carbocycles. The zero-order valence-electron chi connectivity index (χ0n) is 21.9. The number of hydrogen-bond donors (Lipinski definition) is 2. The number of ether oxygens (including phenoxy) is 2. The second kappa shape index (κ2) is 13.7. The molecule has 3 aromatic carbocycles. The lowest BCUT2D eigenvalue weighted by molar-refractivity contribution is -0.142. The lowest BCUT2D eigenvalue weighted by atomic mass is 9.94. The Morgan fingerprint density at radius 3 is 2.36 bits per heavy atom. The summed E-state index contributed by atoms with van der Waals surface area (Å²) in [5.41, 5.74) is 7.26. The normalized spacial score (nSPS) is 11.1. The fraction of sp³-hybridized carbons (Fsp3) is 0.310. The SMILES string of the molecule is CCN(Cc1cc(C(F)(F)F)ccc1-c1cc(CC(=O)OCCN)ccc1OC)C(=O)NCc1ccccc1. The summed E-state index contributed by atoms with van der Waals surface area (Å²) in [6.45, 7) is 2.50. The lowest BCUT2D eigenvalue weighted by Crippen LogP contribution is -2.39. The quantitative estimate of drug-likeness (QED) is 0.326. The van der Waals surface area contributed by atoms with Crippen molar-refractivity contribution in [1.82, 2.24) is 10.2 Å². The van der Waals surface area contributed by atoms with Crippen molar-refractivity contribution >= 4 is 12.0 Å². The van der Waals surface area contributed by atoms with Gasteiger partial charge in [0.15, 0.2) is 0 Å². The summed E-state index contributed by atoms with van der Waals surface area (Å²) in [7, 11) is 1.45. The van der Waals surface area contributed by atoms with Crippen LogP contribution in [-0.4, -0.2) is 43.7 Å². The van der Waals surface area contributed by atoms with Crippen LogP contribution in [0.2, 0.25) is 0 Å². The number of nitrogens with zero attached hydrogens (tertiary/aromatic N) is 1. The van der Waals surface area contributed by atoms with Gasteiger partial charge in [-0.05, 0) is 53.4 Å². The van der Waals surface area contributed by atoms with E-state index < -0.39 is 23.7 Å². The van der Waals surface area contributed by atoms with Crippen LogP contribution in [0.3, 0.4) is 0 Å². The van der Waals surface area contributed by atoms with Crippen molar-refractivity contribution < 1.29 is 32.2 Å². The van der Waals surface area contributed by atoms with Crippen LogP contribution in [0.4, 0.5) is 18.0 Å². The monoisotopic (exact) mass is 543 g/mol. The summed E-state index contributed by atoms with van der Waals surface area (Å²) in [6, 6.07) is 17.3. The van der Waals surface area contributed by atoms with Crippen molar-refractivity contribution in [1.29, 1.82) is 0 Å². The first-order chi connectivity index (χ1) is 18.7. The van der Waals surface area contributed by atoms with Crippen molar-refractivity contribution in [2.24, 2.45) is 5.73 Å². The fourth-order valence-electron chi connectivity index (χ4n) is 4.05. The van der Waals surface area contributed by atoms with Crippen LogP contribution in [0.5, 0.6) is 5.75 Å². The van der Waals surface area contributed by atoms with Gasteiger partial charge in [0, 0.05) is 31.7 Å². The first-order valence-corrected chi connectivity index (χ1v) is 12.5. The van der Waals surface area contributed by atoms with E-state index in [2.05, 4.69) is 5.32 Å². The second-order valence-corrected chi connectivity index (χ2v) is 8.75. The minimum absolute atomic E-state index is 0.0457. The Bertz CT molecular complexity index is 1270. The van der Waals surface area contributed by atoms with Gasteiger partial charge >= 0.3 is 18.2 Å². The van der Waals surface area contributed by atoms with E-state index >= 15 is 0 Å². The predicted octanol–water partition coefficient (Wildman–Crippen LogP) is 5.16. The number of nitrogens with two attached hydrogens (primary N) is 1. The maximum Gasteiger partial charge on any atom is 0.416 e. The third-order valence-corrected chi connectivity index (χ3v) is 6.03. The number of carbonyl (C=O) groups excluding carboxylic acids is 2. The van der Waals surface area contributed by atoms with Crippen molar-refractivity contribution in [3.63, 3.8) is 0 Å². The zero-order chi connectivity index (χ0) is 28.4. The summed E-state index contributed by atoms with van der Waals surface area (Å²) in [6.07, 6.45) is -4.62. The average molecular weight is 544 g/mol. The number of urea groups is 1. The van der Waals surface area contributed by atoms with Crippen LogP contribution in [0, 0.1) is 0 Å². The molecule has 208 valence electrons. The smallest absolute Gasteiger partial charge is 0.416 e. The standard InChI is InChI=1S/C29H32F3N3O4/c1-3-35(28(37)34-18-20-7-5-4-6-8-20)19-22-17-23(29(30,31)32)10-11-24(22)25-15-21(9-12-26(25)38-2)16-27(36)39-14-13-33/h4-12,15,17H,3,13-14,16,18-19,33H2,1-2H3,(H,34,37). The van der Waals surface area contributed by atoms with Gasteiger partial charge in [-0.2, -0.15) is 13.2 Å². The Morgan fingerprint density at radius 2 is 1.72 bits per heavy atom. The number of benzene rings is 3. The van der Waals surface area contributed by atoms with Crippen LogP contribution in [-0.2, 0) is 35.2 Å². The van der Waals surface area contributed by atoms with Gasteiger partial charge in [0.2, 0.25) is 0 Å². The zero-order valence-corrected chi connectivity index (χ0v) is 21.9. The van der Waals surface area contributed by atoms with E-state index in [1.807, 2.05) is 30.3 Å². The van der Waals surface area contributed by atoms with Crippen LogP contribution in [0.25, 0.3) is 11.1 Å². The Labute approximate surface area is 225 Å². The molecule has 0 saturated heterocycles. The molecule has 0 heterocycles. The summed E-state index contributed by atoms with van der Waals surface area (Å²) in [5, 5.41) is 2.82. The second-order valence-electron chi connectivity index (χ2n) is 8.75. The van der Waals surface area contributed by atoms with Crippen LogP contribution in [0.15, 0.2) is 66.7 Å². The topological polar surface area (TPSA) is 93.9 Å². The van der Waals surface area contributed by atoms with E-state index in [-0.39, 0.29) is 44.8 Å². The maximum absolute atomic E-state index is 13.7. The number of halogens is 3. The molecule has 3 aromatic rings. The van der Waals surface area contributed by atoms with E-state index in [1.165, 1.54) is 18.1 Å². The molecule has 0 aliphatic heterocycles. The Hall–Kier alpha value is -4.05. The van der Waals surface area contributed by atoms with E-state index in [4.69, 9.17) is 15.2 Å². The highest BCUT2D eigenvalue weighted by atomic mass is 19.4. The molecule has 2 amide bonds. The van der Waals surface area contributed by atoms with Gasteiger partial charge in [0.05, 0.1) is 19.1 Å². The summed E-state index contributed by atoms with van der Waals surface area (Å²) < 4.78 is 51.5. The molecule has 3 N–H and O–H groups in total. The van der Waals surface area contributed by atoms with Crippen molar-refractivity contribution in [2.45, 2.75) is 32.6 Å². The molecule has 0 atom stereocenters. The minimum atomic E-state index is -4.57. The van der Waals surface area contributed by atoms with Crippen molar-refractivity contribution in [2.75, 3.05) is 26.8 Å². The molecule has 0 aliphatic rings. The molecule has 0 unspecified atom stereocenters. The molecule has 0 fully saturated rings. The van der Waals surface area contributed by atoms with Gasteiger partial charge in [-0.25, -0.2) is 4.79 Å². The fourth-order valence-corrected chi connectivity index (χ4v) is 4.05. The molecule has 0 aromatic heterocycles. The molecule has 3 rings (SSSR count). The molecule has 0 bridgehead atoms. The third-order valence-electron chi connectivity index (χ3n) is 6.03. The minimum Gasteiger partial charge on any atom is -0.496 e. The van der Waals surface area contributed by atoms with Gasteiger partial charge < -0.3 is 25.4 Å². The number of rotatable bonds is 11. The van der Waals surface area contributed by atoms with Gasteiger partial charge in [-0.1, -0.05) is 42.5 Å². The van der Waals surface area contributed by atoms with Crippen LogP contribution >= 0.6 is 0 Å². The first-order valence-electron chi connectivity index (χ1n) is 12.5. The third kappa shape index (κ3) is 8.22. The highest BCUT2D eigenvalue weighted by Gasteiger charge is 2.31. The summed E-state index contributed by atoms with van der Waals surface area (Å²) >= 11 is 0. The molecular weight excluding hydrogens is 511 g/mol. The molecule has 0 spiro atoms. The van der Waals surface area contributed by atoms with E-state index in [1.54, 1.807) is 25.1 Å². The van der Waals surface area contributed by atoms with Crippen molar-refractivity contribution in [3.8, 4) is 16.9 Å². The van der Waals surface area contributed by atoms with E-state index in [0.717, 1.165) is 17.7 Å². The Kier molecular flexibility index (Phi) is 10.3. The molecule has 39 heavy (non-hydrogen) atoms. The van der Waals surface area contributed by atoms with Crippen LogP contribution < -0.4 is 15.8 Å². The summed E-state index contributed by atoms with van der Waals surface area (Å²) in [4.78, 5) is 26.5. The number of amides is 2. The average Bonchev–Trinajstić information content (AvgIpc) is 2.93. The molecule has 10 heteroatoms. The number of methoxy groups -OCH3 is 1. The Balaban J connectivity index is 1.96. The summed E-state index contributed by atoms with van der Waals surface area (Å²) in [5.74, 6) is -0.0666. The molecule has 7 nitrogen and oxygen atoms in total. The largest absolute Gasteiger partial charge is 0.496 e. The number of hydrogen-bond acceptors (Lipinski definition) is 5. The lowest BCUT2D eigenvalue weighted by Gasteiger charge is -2.24. The van der Waals surface area contributed by atoms with Crippen molar-refractivity contribution in [3.05, 3.63) is 89.0 Å². The molecule has 0 saturated carbocycles. The number of alkyl halides is 3. The van der Waals surface area contributed by atoms with Crippen LogP contribution in [0.1, 0.15) is 29.2 Å². The highest BCUT2D eigenvalue weighted by molar-refractivity contribution is 5.79.